The highest BCUT2D eigenvalue weighted by atomic mass is 35.5. The van der Waals surface area contributed by atoms with E-state index in [2.05, 4.69) is 10.3 Å². The Morgan fingerprint density at radius 1 is 0.971 bits per heavy atom. The molecule has 0 radical (unpaired) electrons. The van der Waals surface area contributed by atoms with Gasteiger partial charge in [0.05, 0.1) is 37.7 Å². The van der Waals surface area contributed by atoms with Gasteiger partial charge in [-0.1, -0.05) is 29.8 Å². The molecule has 176 valence electrons. The van der Waals surface area contributed by atoms with Gasteiger partial charge in [0.2, 0.25) is 5.95 Å². The summed E-state index contributed by atoms with van der Waals surface area (Å²) in [5, 5.41) is 3.75. The number of aliphatic imine (C=N–C) groups is 1. The van der Waals surface area contributed by atoms with Crippen LogP contribution in [0.1, 0.15) is 22.3 Å². The molecular formula is C27H22ClFN4O2. The third-order valence-electron chi connectivity index (χ3n) is 5.86. The minimum atomic E-state index is -0.429. The molecule has 0 saturated carbocycles. The van der Waals surface area contributed by atoms with E-state index >= 15 is 4.39 Å². The van der Waals surface area contributed by atoms with Crippen LogP contribution >= 0.6 is 11.6 Å². The molecule has 0 amide bonds. The van der Waals surface area contributed by atoms with Gasteiger partial charge in [0.15, 0.2) is 0 Å². The molecule has 35 heavy (non-hydrogen) atoms. The predicted octanol–water partition coefficient (Wildman–Crippen LogP) is 6.36. The average molecular weight is 489 g/mol. The van der Waals surface area contributed by atoms with Crippen LogP contribution in [0.5, 0.6) is 11.5 Å². The van der Waals surface area contributed by atoms with Gasteiger partial charge in [-0.3, -0.25) is 4.99 Å². The summed E-state index contributed by atoms with van der Waals surface area (Å²) in [6, 6.07) is 15.9. The van der Waals surface area contributed by atoms with Gasteiger partial charge in [-0.05, 0) is 42.8 Å². The molecule has 2 heterocycles. The van der Waals surface area contributed by atoms with Gasteiger partial charge in [-0.2, -0.15) is 0 Å². The Kier molecular flexibility index (Phi) is 6.09. The zero-order chi connectivity index (χ0) is 24.5. The minimum Gasteiger partial charge on any atom is -0.496 e. The number of aryl methyl sites for hydroxylation is 1. The van der Waals surface area contributed by atoms with E-state index < -0.39 is 5.82 Å². The summed E-state index contributed by atoms with van der Waals surface area (Å²) in [5.74, 6) is 1.15. The number of nitrogens with one attached hydrogen (secondary N) is 1. The minimum absolute atomic E-state index is 0.271. The lowest BCUT2D eigenvalue weighted by atomic mass is 9.94. The van der Waals surface area contributed by atoms with Crippen LogP contribution < -0.4 is 14.8 Å². The molecule has 5 rings (SSSR count). The standard InChI is InChI=1S/C27H22ClFN4O2/c1-15-7-9-18(12-23(15)35-3)32-27-31-14-16-13-30-26(24-21(29)5-4-6-22(24)34-2)20-11-17(28)8-10-19(20)25(16)33-27/h4-12,14H,13H2,1-3H3,(H,31,32,33). The molecule has 3 aromatic carbocycles. The maximum Gasteiger partial charge on any atom is 0.227 e. The Morgan fingerprint density at radius 2 is 1.80 bits per heavy atom. The van der Waals surface area contributed by atoms with Crippen LogP contribution in [0.3, 0.4) is 0 Å². The maximum atomic E-state index is 15.0. The smallest absolute Gasteiger partial charge is 0.227 e. The lowest BCUT2D eigenvalue weighted by molar-refractivity contribution is 0.410. The molecule has 1 N–H and O–H groups in total. The van der Waals surface area contributed by atoms with Gasteiger partial charge < -0.3 is 14.8 Å². The van der Waals surface area contributed by atoms with E-state index in [1.54, 1.807) is 37.6 Å². The zero-order valence-corrected chi connectivity index (χ0v) is 20.2. The molecular weight excluding hydrogens is 467 g/mol. The number of nitrogens with zero attached hydrogens (tertiary/aromatic N) is 3. The molecule has 0 bridgehead atoms. The Morgan fingerprint density at radius 3 is 2.60 bits per heavy atom. The van der Waals surface area contributed by atoms with Gasteiger partial charge in [0.25, 0.3) is 0 Å². The number of aromatic nitrogens is 2. The molecule has 1 aliphatic rings. The summed E-state index contributed by atoms with van der Waals surface area (Å²) in [7, 11) is 3.14. The average Bonchev–Trinajstić information content (AvgIpc) is 3.01. The Hall–Kier alpha value is -3.97. The van der Waals surface area contributed by atoms with Crippen molar-refractivity contribution in [1.82, 2.24) is 9.97 Å². The topological polar surface area (TPSA) is 68.6 Å². The first-order chi connectivity index (χ1) is 17.0. The van der Waals surface area contributed by atoms with Crippen molar-refractivity contribution in [3.05, 3.63) is 93.9 Å². The van der Waals surface area contributed by atoms with Crippen LogP contribution in [-0.4, -0.2) is 29.9 Å². The fourth-order valence-corrected chi connectivity index (χ4v) is 4.30. The number of fused-ring (bicyclic) bond motifs is 3. The first kappa shape index (κ1) is 22.8. The van der Waals surface area contributed by atoms with Crippen molar-refractivity contribution in [3.8, 4) is 22.8 Å². The fourth-order valence-electron chi connectivity index (χ4n) is 4.13. The van der Waals surface area contributed by atoms with Gasteiger partial charge >= 0.3 is 0 Å². The fraction of sp³-hybridized carbons (Fsp3) is 0.148. The van der Waals surface area contributed by atoms with E-state index in [0.717, 1.165) is 28.1 Å². The van der Waals surface area contributed by atoms with Gasteiger partial charge in [-0.25, -0.2) is 14.4 Å². The highest BCUT2D eigenvalue weighted by Gasteiger charge is 2.25. The van der Waals surface area contributed by atoms with E-state index in [1.807, 2.05) is 31.2 Å². The lowest BCUT2D eigenvalue weighted by Gasteiger charge is -2.15. The summed E-state index contributed by atoms with van der Waals surface area (Å²) < 4.78 is 25.9. The summed E-state index contributed by atoms with van der Waals surface area (Å²) >= 11 is 6.37. The number of rotatable bonds is 5. The second kappa shape index (κ2) is 9.35. The van der Waals surface area contributed by atoms with Gasteiger partial charge in [0.1, 0.15) is 17.3 Å². The second-order valence-electron chi connectivity index (χ2n) is 8.05. The predicted molar refractivity (Wildman–Crippen MR) is 136 cm³/mol. The monoisotopic (exact) mass is 488 g/mol. The van der Waals surface area contributed by atoms with Crippen molar-refractivity contribution in [2.45, 2.75) is 13.5 Å². The van der Waals surface area contributed by atoms with Crippen molar-refractivity contribution in [2.75, 3.05) is 19.5 Å². The summed E-state index contributed by atoms with van der Waals surface area (Å²) in [5.41, 5.74) is 5.51. The second-order valence-corrected chi connectivity index (χ2v) is 8.49. The number of hydrogen-bond acceptors (Lipinski definition) is 6. The molecule has 1 aliphatic heterocycles. The molecule has 0 unspecified atom stereocenters. The molecule has 6 nitrogen and oxygen atoms in total. The van der Waals surface area contributed by atoms with Crippen LogP contribution in [-0.2, 0) is 6.54 Å². The maximum absolute atomic E-state index is 15.0. The van der Waals surface area contributed by atoms with E-state index in [4.69, 9.17) is 31.1 Å². The summed E-state index contributed by atoms with van der Waals surface area (Å²) in [4.78, 5) is 14.0. The number of hydrogen-bond donors (Lipinski definition) is 1. The van der Waals surface area contributed by atoms with Gasteiger partial charge in [-0.15, -0.1) is 0 Å². The Balaban J connectivity index is 1.62. The number of ether oxygens (including phenoxy) is 2. The molecule has 4 aromatic rings. The highest BCUT2D eigenvalue weighted by Crippen LogP contribution is 2.36. The lowest BCUT2D eigenvalue weighted by Crippen LogP contribution is -2.09. The van der Waals surface area contributed by atoms with Crippen molar-refractivity contribution < 1.29 is 13.9 Å². The van der Waals surface area contributed by atoms with Crippen LogP contribution in [0.25, 0.3) is 11.3 Å². The Labute approximate surface area is 207 Å². The van der Waals surface area contributed by atoms with Crippen LogP contribution in [0, 0.1) is 12.7 Å². The molecule has 0 fully saturated rings. The first-order valence-electron chi connectivity index (χ1n) is 10.9. The highest BCUT2D eigenvalue weighted by molar-refractivity contribution is 6.31. The van der Waals surface area contributed by atoms with Crippen molar-refractivity contribution in [3.63, 3.8) is 0 Å². The van der Waals surface area contributed by atoms with Crippen molar-refractivity contribution >= 4 is 28.9 Å². The zero-order valence-electron chi connectivity index (χ0n) is 19.4. The normalized spacial score (nSPS) is 12.2. The first-order valence-corrected chi connectivity index (χ1v) is 11.3. The SMILES string of the molecule is COc1cc(Nc2ncc3c(n2)-c2ccc(Cl)cc2C(c2c(F)cccc2OC)=NC3)ccc1C. The molecule has 0 saturated heterocycles. The molecule has 1 aromatic heterocycles. The number of anilines is 2. The Bertz CT molecular complexity index is 1470. The number of benzene rings is 3. The van der Waals surface area contributed by atoms with Crippen LogP contribution in [0.4, 0.5) is 16.0 Å². The summed E-state index contributed by atoms with van der Waals surface area (Å²) in [6.45, 7) is 2.25. The van der Waals surface area contributed by atoms with Crippen LogP contribution in [0.2, 0.25) is 5.02 Å². The van der Waals surface area contributed by atoms with Crippen molar-refractivity contribution in [2.24, 2.45) is 4.99 Å². The van der Waals surface area contributed by atoms with Crippen LogP contribution in [0.15, 0.2) is 65.8 Å². The molecule has 0 spiro atoms. The molecule has 0 aliphatic carbocycles. The quantitative estimate of drug-likeness (QED) is 0.354. The number of halogens is 2. The van der Waals surface area contributed by atoms with E-state index in [9.17, 15) is 0 Å². The van der Waals surface area contributed by atoms with E-state index in [0.29, 0.717) is 33.7 Å². The largest absolute Gasteiger partial charge is 0.496 e. The van der Waals surface area contributed by atoms with Crippen molar-refractivity contribution in [1.29, 1.82) is 0 Å². The molecule has 0 atom stereocenters. The third-order valence-corrected chi connectivity index (χ3v) is 6.10. The third kappa shape index (κ3) is 4.31. The molecule has 8 heteroatoms. The van der Waals surface area contributed by atoms with Gasteiger partial charge in [0, 0.05) is 39.7 Å². The summed E-state index contributed by atoms with van der Waals surface area (Å²) in [6.07, 6.45) is 1.74. The number of methoxy groups -OCH3 is 2. The van der Waals surface area contributed by atoms with E-state index in [-0.39, 0.29) is 12.1 Å². The van der Waals surface area contributed by atoms with E-state index in [1.165, 1.54) is 13.2 Å².